The number of benzene rings is 1. The molecule has 2 heterocycles. The molecule has 3 rings (SSSR count). The largest absolute Gasteiger partial charge is 0.486 e. The lowest BCUT2D eigenvalue weighted by molar-refractivity contribution is -0.127. The van der Waals surface area contributed by atoms with Crippen molar-refractivity contribution in [2.45, 2.75) is 39.2 Å². The third-order valence-corrected chi connectivity index (χ3v) is 4.67. The van der Waals surface area contributed by atoms with Gasteiger partial charge in [-0.15, -0.1) is 0 Å². The molecule has 1 fully saturated rings. The third-order valence-electron chi connectivity index (χ3n) is 4.67. The second kappa shape index (κ2) is 7.11. The number of fused-ring (bicyclic) bond motifs is 1. The lowest BCUT2D eigenvalue weighted by Crippen LogP contribution is -2.39. The van der Waals surface area contributed by atoms with Crippen LogP contribution in [0.1, 0.15) is 33.1 Å². The first-order valence-corrected chi connectivity index (χ1v) is 8.62. The molecule has 1 aromatic rings. The predicted octanol–water partition coefficient (Wildman–Crippen LogP) is 2.12. The van der Waals surface area contributed by atoms with Crippen LogP contribution in [0.15, 0.2) is 18.2 Å². The van der Waals surface area contributed by atoms with Gasteiger partial charge in [-0.3, -0.25) is 9.59 Å². The van der Waals surface area contributed by atoms with Gasteiger partial charge in [-0.05, 0) is 25.0 Å². The van der Waals surface area contributed by atoms with Crippen LogP contribution in [-0.2, 0) is 9.59 Å². The Kier molecular flexibility index (Phi) is 4.92. The van der Waals surface area contributed by atoms with Crippen molar-refractivity contribution in [1.82, 2.24) is 5.32 Å². The second-order valence-corrected chi connectivity index (χ2v) is 6.26. The van der Waals surface area contributed by atoms with Gasteiger partial charge in [-0.1, -0.05) is 13.8 Å². The molecule has 1 unspecified atom stereocenters. The van der Waals surface area contributed by atoms with Crippen molar-refractivity contribution in [3.8, 4) is 11.5 Å². The Morgan fingerprint density at radius 3 is 2.67 bits per heavy atom. The Hall–Kier alpha value is -2.24. The van der Waals surface area contributed by atoms with E-state index in [4.69, 9.17) is 9.47 Å². The minimum absolute atomic E-state index is 0.0305. The van der Waals surface area contributed by atoms with Crippen LogP contribution in [0, 0.1) is 5.92 Å². The van der Waals surface area contributed by atoms with Crippen molar-refractivity contribution in [3.05, 3.63) is 18.2 Å². The Morgan fingerprint density at radius 1 is 1.25 bits per heavy atom. The highest BCUT2D eigenvalue weighted by molar-refractivity contribution is 6.00. The molecule has 6 nitrogen and oxygen atoms in total. The molecule has 0 bridgehead atoms. The number of nitrogens with zero attached hydrogens (tertiary/aromatic N) is 1. The van der Waals surface area contributed by atoms with Gasteiger partial charge in [0.2, 0.25) is 11.8 Å². The zero-order chi connectivity index (χ0) is 17.1. The maximum absolute atomic E-state index is 12.4. The first-order valence-electron chi connectivity index (χ1n) is 8.62. The number of hydrogen-bond donors (Lipinski definition) is 1. The molecule has 0 aliphatic carbocycles. The van der Waals surface area contributed by atoms with Gasteiger partial charge in [0.25, 0.3) is 0 Å². The summed E-state index contributed by atoms with van der Waals surface area (Å²) in [6.45, 7) is 5.55. The molecule has 0 saturated carbocycles. The zero-order valence-electron chi connectivity index (χ0n) is 14.2. The summed E-state index contributed by atoms with van der Waals surface area (Å²) >= 11 is 0. The summed E-state index contributed by atoms with van der Waals surface area (Å²) in [5.74, 6) is 0.982. The SMILES string of the molecule is CCC(CC)NC(=O)C1CC(=O)N(c2ccc3c(c2)OCCO3)C1. The molecule has 130 valence electrons. The van der Waals surface area contributed by atoms with Crippen LogP contribution in [0.2, 0.25) is 0 Å². The van der Waals surface area contributed by atoms with E-state index < -0.39 is 0 Å². The molecule has 24 heavy (non-hydrogen) atoms. The number of ether oxygens (including phenoxy) is 2. The number of rotatable bonds is 5. The minimum atomic E-state index is -0.300. The van der Waals surface area contributed by atoms with Crippen LogP contribution in [0.25, 0.3) is 0 Å². The lowest BCUT2D eigenvalue weighted by Gasteiger charge is -2.22. The van der Waals surface area contributed by atoms with Gasteiger partial charge in [-0.2, -0.15) is 0 Å². The average molecular weight is 332 g/mol. The molecule has 6 heteroatoms. The second-order valence-electron chi connectivity index (χ2n) is 6.26. The number of anilines is 1. The molecule has 2 amide bonds. The standard InChI is InChI=1S/C18H24N2O4/c1-3-13(4-2)19-18(22)12-9-17(21)20(11-12)14-5-6-15-16(10-14)24-8-7-23-15/h5-6,10,12-13H,3-4,7-9,11H2,1-2H3,(H,19,22). The van der Waals surface area contributed by atoms with Gasteiger partial charge >= 0.3 is 0 Å². The van der Waals surface area contributed by atoms with E-state index in [-0.39, 0.29) is 30.2 Å². The van der Waals surface area contributed by atoms with Crippen LogP contribution in [0.4, 0.5) is 5.69 Å². The van der Waals surface area contributed by atoms with Crippen molar-refractivity contribution in [1.29, 1.82) is 0 Å². The minimum Gasteiger partial charge on any atom is -0.486 e. The van der Waals surface area contributed by atoms with Gasteiger partial charge in [0.15, 0.2) is 11.5 Å². The van der Waals surface area contributed by atoms with E-state index >= 15 is 0 Å². The smallest absolute Gasteiger partial charge is 0.227 e. The van der Waals surface area contributed by atoms with Gasteiger partial charge in [-0.25, -0.2) is 0 Å². The highest BCUT2D eigenvalue weighted by Crippen LogP contribution is 2.36. The topological polar surface area (TPSA) is 67.9 Å². The number of carbonyl (C=O) groups is 2. The third kappa shape index (κ3) is 3.32. The van der Waals surface area contributed by atoms with E-state index in [1.165, 1.54) is 0 Å². The highest BCUT2D eigenvalue weighted by Gasteiger charge is 2.36. The van der Waals surface area contributed by atoms with Gasteiger partial charge in [0.05, 0.1) is 5.92 Å². The van der Waals surface area contributed by atoms with Crippen molar-refractivity contribution in [3.63, 3.8) is 0 Å². The molecule has 2 aliphatic rings. The normalized spacial score (nSPS) is 19.7. The highest BCUT2D eigenvalue weighted by atomic mass is 16.6. The number of amides is 2. The Morgan fingerprint density at radius 2 is 1.96 bits per heavy atom. The van der Waals surface area contributed by atoms with Crippen molar-refractivity contribution in [2.24, 2.45) is 5.92 Å². The molecule has 0 radical (unpaired) electrons. The van der Waals surface area contributed by atoms with Crippen molar-refractivity contribution in [2.75, 3.05) is 24.7 Å². The molecule has 0 spiro atoms. The molecule has 1 N–H and O–H groups in total. The summed E-state index contributed by atoms with van der Waals surface area (Å²) in [5, 5.41) is 3.04. The molecular formula is C18H24N2O4. The fourth-order valence-electron chi connectivity index (χ4n) is 3.14. The Labute approximate surface area is 142 Å². The molecule has 1 atom stereocenters. The van der Waals surface area contributed by atoms with E-state index in [0.29, 0.717) is 31.3 Å². The van der Waals surface area contributed by atoms with E-state index in [1.807, 2.05) is 18.2 Å². The van der Waals surface area contributed by atoms with Crippen LogP contribution in [0.5, 0.6) is 11.5 Å². The summed E-state index contributed by atoms with van der Waals surface area (Å²) in [7, 11) is 0. The monoisotopic (exact) mass is 332 g/mol. The molecule has 1 saturated heterocycles. The molecule has 2 aliphatic heterocycles. The summed E-state index contributed by atoms with van der Waals surface area (Å²) in [4.78, 5) is 26.4. The Balaban J connectivity index is 1.70. The number of carbonyl (C=O) groups excluding carboxylic acids is 2. The molecule has 1 aromatic carbocycles. The van der Waals surface area contributed by atoms with Crippen LogP contribution >= 0.6 is 0 Å². The van der Waals surface area contributed by atoms with Gasteiger partial charge in [0, 0.05) is 30.8 Å². The summed E-state index contributed by atoms with van der Waals surface area (Å²) < 4.78 is 11.1. The summed E-state index contributed by atoms with van der Waals surface area (Å²) in [5.41, 5.74) is 0.752. The van der Waals surface area contributed by atoms with E-state index in [0.717, 1.165) is 18.5 Å². The first-order chi connectivity index (χ1) is 11.6. The lowest BCUT2D eigenvalue weighted by atomic mass is 10.1. The fourth-order valence-corrected chi connectivity index (χ4v) is 3.14. The van der Waals surface area contributed by atoms with Crippen LogP contribution in [-0.4, -0.2) is 37.6 Å². The van der Waals surface area contributed by atoms with Crippen LogP contribution in [0.3, 0.4) is 0 Å². The molecular weight excluding hydrogens is 308 g/mol. The van der Waals surface area contributed by atoms with Gasteiger partial charge < -0.3 is 19.7 Å². The first kappa shape index (κ1) is 16.6. The average Bonchev–Trinajstić information content (AvgIpc) is 3.01. The number of nitrogens with one attached hydrogen (secondary N) is 1. The maximum atomic E-state index is 12.4. The predicted molar refractivity (Wildman–Crippen MR) is 90.4 cm³/mol. The van der Waals surface area contributed by atoms with E-state index in [1.54, 1.807) is 4.90 Å². The zero-order valence-corrected chi connectivity index (χ0v) is 14.2. The van der Waals surface area contributed by atoms with Crippen molar-refractivity contribution >= 4 is 17.5 Å². The quantitative estimate of drug-likeness (QED) is 0.897. The van der Waals surface area contributed by atoms with E-state index in [2.05, 4.69) is 19.2 Å². The van der Waals surface area contributed by atoms with E-state index in [9.17, 15) is 9.59 Å². The number of hydrogen-bond acceptors (Lipinski definition) is 4. The van der Waals surface area contributed by atoms with Crippen molar-refractivity contribution < 1.29 is 19.1 Å². The Bertz CT molecular complexity index is 627. The van der Waals surface area contributed by atoms with Gasteiger partial charge in [0.1, 0.15) is 13.2 Å². The van der Waals surface area contributed by atoms with Crippen LogP contribution < -0.4 is 19.7 Å². The molecule has 0 aromatic heterocycles. The fraction of sp³-hybridized carbons (Fsp3) is 0.556. The maximum Gasteiger partial charge on any atom is 0.227 e. The summed E-state index contributed by atoms with van der Waals surface area (Å²) in [6, 6.07) is 5.64. The summed E-state index contributed by atoms with van der Waals surface area (Å²) in [6.07, 6.45) is 2.05.